The molecule has 20 heavy (non-hydrogen) atoms. The summed E-state index contributed by atoms with van der Waals surface area (Å²) < 4.78 is 1.13. The van der Waals surface area contributed by atoms with Gasteiger partial charge in [0.05, 0.1) is 0 Å². The zero-order valence-corrected chi connectivity index (χ0v) is 14.5. The number of hydrogen-bond donors (Lipinski definition) is 1. The summed E-state index contributed by atoms with van der Waals surface area (Å²) in [4.78, 5) is 2.59. The predicted molar refractivity (Wildman–Crippen MR) is 91.5 cm³/mol. The average Bonchev–Trinajstić information content (AvgIpc) is 2.43. The SMILES string of the molecule is CCNC(C)c1cc(Br)ccc1Sc1ccc(C)cc1. The first kappa shape index (κ1) is 15.6. The molecule has 0 heterocycles. The second-order valence-corrected chi connectivity index (χ2v) is 6.91. The van der Waals surface area contributed by atoms with E-state index < -0.39 is 0 Å². The fraction of sp³-hybridized carbons (Fsp3) is 0.294. The van der Waals surface area contributed by atoms with Gasteiger partial charge in [-0.3, -0.25) is 0 Å². The van der Waals surface area contributed by atoms with Crippen LogP contribution in [0.4, 0.5) is 0 Å². The third-order valence-corrected chi connectivity index (χ3v) is 4.79. The van der Waals surface area contributed by atoms with Crippen molar-refractivity contribution >= 4 is 27.7 Å². The number of rotatable bonds is 5. The Bertz CT molecular complexity index is 566. The van der Waals surface area contributed by atoms with Crippen molar-refractivity contribution in [3.63, 3.8) is 0 Å². The highest BCUT2D eigenvalue weighted by Gasteiger charge is 2.11. The molecule has 1 atom stereocenters. The van der Waals surface area contributed by atoms with Crippen LogP contribution in [0, 0.1) is 6.92 Å². The molecule has 0 aromatic heterocycles. The minimum absolute atomic E-state index is 0.352. The predicted octanol–water partition coefficient (Wildman–Crippen LogP) is 5.58. The van der Waals surface area contributed by atoms with Crippen LogP contribution >= 0.6 is 27.7 Å². The third-order valence-electron chi connectivity index (χ3n) is 3.20. The molecule has 0 aliphatic heterocycles. The number of halogens is 1. The lowest BCUT2D eigenvalue weighted by Crippen LogP contribution is -2.18. The standard InChI is InChI=1S/C17H20BrNS/c1-4-19-13(3)16-11-14(18)7-10-17(16)20-15-8-5-12(2)6-9-15/h5-11,13,19H,4H2,1-3H3. The van der Waals surface area contributed by atoms with Crippen LogP contribution in [-0.2, 0) is 0 Å². The Morgan fingerprint density at radius 3 is 2.50 bits per heavy atom. The first-order valence-corrected chi connectivity index (χ1v) is 8.48. The summed E-state index contributed by atoms with van der Waals surface area (Å²) in [6.07, 6.45) is 0. The van der Waals surface area contributed by atoms with Gasteiger partial charge < -0.3 is 5.32 Å². The Balaban J connectivity index is 2.28. The fourth-order valence-electron chi connectivity index (χ4n) is 2.10. The van der Waals surface area contributed by atoms with E-state index in [-0.39, 0.29) is 0 Å². The summed E-state index contributed by atoms with van der Waals surface area (Å²) in [5.74, 6) is 0. The van der Waals surface area contributed by atoms with Gasteiger partial charge in [0.15, 0.2) is 0 Å². The van der Waals surface area contributed by atoms with Crippen LogP contribution in [0.15, 0.2) is 56.7 Å². The van der Waals surface area contributed by atoms with Crippen molar-refractivity contribution in [2.45, 2.75) is 36.6 Å². The minimum Gasteiger partial charge on any atom is -0.310 e. The van der Waals surface area contributed by atoms with Crippen molar-refractivity contribution < 1.29 is 0 Å². The Morgan fingerprint density at radius 1 is 1.15 bits per heavy atom. The summed E-state index contributed by atoms with van der Waals surface area (Å²) >= 11 is 5.40. The number of hydrogen-bond acceptors (Lipinski definition) is 2. The number of nitrogens with one attached hydrogen (secondary N) is 1. The van der Waals surface area contributed by atoms with Crippen molar-refractivity contribution in [3.05, 3.63) is 58.1 Å². The van der Waals surface area contributed by atoms with Crippen LogP contribution in [0.1, 0.15) is 31.0 Å². The van der Waals surface area contributed by atoms with Crippen LogP contribution < -0.4 is 5.32 Å². The van der Waals surface area contributed by atoms with Gasteiger partial charge in [-0.15, -0.1) is 0 Å². The lowest BCUT2D eigenvalue weighted by molar-refractivity contribution is 0.589. The maximum atomic E-state index is 3.57. The number of aryl methyl sites for hydroxylation is 1. The van der Waals surface area contributed by atoms with E-state index in [2.05, 4.69) is 84.5 Å². The summed E-state index contributed by atoms with van der Waals surface area (Å²) in [6, 6.07) is 15.6. The molecule has 0 spiro atoms. The second kappa shape index (κ2) is 7.30. The molecule has 0 aliphatic carbocycles. The Hall–Kier alpha value is -0.770. The normalized spacial score (nSPS) is 12.4. The van der Waals surface area contributed by atoms with Gasteiger partial charge in [0.2, 0.25) is 0 Å². The van der Waals surface area contributed by atoms with Gasteiger partial charge >= 0.3 is 0 Å². The monoisotopic (exact) mass is 349 g/mol. The van der Waals surface area contributed by atoms with Crippen LogP contribution in [0.25, 0.3) is 0 Å². The first-order chi connectivity index (χ1) is 9.60. The van der Waals surface area contributed by atoms with Crippen molar-refractivity contribution in [1.29, 1.82) is 0 Å². The zero-order valence-electron chi connectivity index (χ0n) is 12.1. The highest BCUT2D eigenvalue weighted by atomic mass is 79.9. The van der Waals surface area contributed by atoms with E-state index in [0.717, 1.165) is 11.0 Å². The topological polar surface area (TPSA) is 12.0 Å². The molecule has 2 rings (SSSR count). The van der Waals surface area contributed by atoms with Gasteiger partial charge in [-0.1, -0.05) is 52.3 Å². The van der Waals surface area contributed by atoms with Crippen molar-refractivity contribution in [2.24, 2.45) is 0 Å². The van der Waals surface area contributed by atoms with E-state index in [1.807, 2.05) is 11.8 Å². The minimum atomic E-state index is 0.352. The molecule has 2 aromatic carbocycles. The largest absolute Gasteiger partial charge is 0.310 e. The Labute approximate surface area is 134 Å². The first-order valence-electron chi connectivity index (χ1n) is 6.87. The van der Waals surface area contributed by atoms with Crippen molar-refractivity contribution in [2.75, 3.05) is 6.54 Å². The summed E-state index contributed by atoms with van der Waals surface area (Å²) in [5.41, 5.74) is 2.64. The fourth-order valence-corrected chi connectivity index (χ4v) is 3.49. The van der Waals surface area contributed by atoms with E-state index >= 15 is 0 Å². The van der Waals surface area contributed by atoms with E-state index in [9.17, 15) is 0 Å². The second-order valence-electron chi connectivity index (χ2n) is 4.88. The molecule has 1 unspecified atom stereocenters. The van der Waals surface area contributed by atoms with E-state index in [4.69, 9.17) is 0 Å². The van der Waals surface area contributed by atoms with Crippen LogP contribution in [0.5, 0.6) is 0 Å². The molecular weight excluding hydrogens is 330 g/mol. The molecule has 0 bridgehead atoms. The highest BCUT2D eigenvalue weighted by molar-refractivity contribution is 9.10. The molecule has 1 N–H and O–H groups in total. The molecule has 3 heteroatoms. The average molecular weight is 350 g/mol. The smallest absolute Gasteiger partial charge is 0.0303 e. The van der Waals surface area contributed by atoms with Gasteiger partial charge in [-0.05, 0) is 56.3 Å². The molecule has 0 amide bonds. The van der Waals surface area contributed by atoms with E-state index in [1.165, 1.54) is 20.9 Å². The van der Waals surface area contributed by atoms with Gasteiger partial charge in [-0.2, -0.15) is 0 Å². The van der Waals surface area contributed by atoms with Gasteiger partial charge in [0, 0.05) is 20.3 Å². The Kier molecular flexibility index (Phi) is 5.70. The molecule has 0 radical (unpaired) electrons. The van der Waals surface area contributed by atoms with Crippen molar-refractivity contribution in [1.82, 2.24) is 5.32 Å². The van der Waals surface area contributed by atoms with Crippen LogP contribution in [0.2, 0.25) is 0 Å². The van der Waals surface area contributed by atoms with E-state index in [1.54, 1.807) is 0 Å². The molecule has 106 valence electrons. The summed E-state index contributed by atoms with van der Waals surface area (Å²) in [5, 5.41) is 3.49. The van der Waals surface area contributed by atoms with Gasteiger partial charge in [0.25, 0.3) is 0 Å². The molecular formula is C17H20BrNS. The van der Waals surface area contributed by atoms with Gasteiger partial charge in [-0.25, -0.2) is 0 Å². The third kappa shape index (κ3) is 4.11. The maximum absolute atomic E-state index is 3.57. The molecule has 0 fully saturated rings. The highest BCUT2D eigenvalue weighted by Crippen LogP contribution is 2.35. The van der Waals surface area contributed by atoms with Crippen LogP contribution in [0.3, 0.4) is 0 Å². The van der Waals surface area contributed by atoms with Crippen LogP contribution in [-0.4, -0.2) is 6.54 Å². The van der Waals surface area contributed by atoms with Gasteiger partial charge in [0.1, 0.15) is 0 Å². The molecule has 1 nitrogen and oxygen atoms in total. The molecule has 0 aliphatic rings. The lowest BCUT2D eigenvalue weighted by Gasteiger charge is -2.17. The van der Waals surface area contributed by atoms with E-state index in [0.29, 0.717) is 6.04 Å². The summed E-state index contributed by atoms with van der Waals surface area (Å²) in [7, 11) is 0. The Morgan fingerprint density at radius 2 is 1.85 bits per heavy atom. The lowest BCUT2D eigenvalue weighted by atomic mass is 10.1. The molecule has 2 aromatic rings. The number of benzene rings is 2. The molecule has 0 saturated carbocycles. The maximum Gasteiger partial charge on any atom is 0.0303 e. The molecule has 0 saturated heterocycles. The quantitative estimate of drug-likeness (QED) is 0.756. The summed E-state index contributed by atoms with van der Waals surface area (Å²) in [6.45, 7) is 7.45. The zero-order chi connectivity index (χ0) is 14.5. The van der Waals surface area contributed by atoms with Crippen molar-refractivity contribution in [3.8, 4) is 0 Å².